The number of carbonyl (C=O) groups excluding carboxylic acids is 2. The summed E-state index contributed by atoms with van der Waals surface area (Å²) in [5, 5.41) is 0. The molecule has 2 heterocycles. The lowest BCUT2D eigenvalue weighted by molar-refractivity contribution is -0.139. The zero-order chi connectivity index (χ0) is 17.9. The van der Waals surface area contributed by atoms with E-state index in [-0.39, 0.29) is 5.41 Å². The van der Waals surface area contributed by atoms with Crippen LogP contribution in [0.15, 0.2) is 0 Å². The summed E-state index contributed by atoms with van der Waals surface area (Å²) in [5.74, 6) is 1.84. The minimum atomic E-state index is -0.0600. The van der Waals surface area contributed by atoms with Crippen LogP contribution in [0.1, 0.15) is 78.1 Å². The van der Waals surface area contributed by atoms with E-state index < -0.39 is 0 Å². The van der Waals surface area contributed by atoms with Gasteiger partial charge in [-0.25, -0.2) is 0 Å². The molecule has 25 heavy (non-hydrogen) atoms. The van der Waals surface area contributed by atoms with Gasteiger partial charge in [-0.2, -0.15) is 0 Å². The van der Waals surface area contributed by atoms with Gasteiger partial charge in [0.25, 0.3) is 0 Å². The Morgan fingerprint density at radius 1 is 0.800 bits per heavy atom. The summed E-state index contributed by atoms with van der Waals surface area (Å²) < 4.78 is 0. The van der Waals surface area contributed by atoms with Crippen LogP contribution in [0.4, 0.5) is 0 Å². The van der Waals surface area contributed by atoms with E-state index in [0.29, 0.717) is 36.5 Å². The van der Waals surface area contributed by atoms with Crippen molar-refractivity contribution in [3.8, 4) is 0 Å². The molecule has 3 fully saturated rings. The van der Waals surface area contributed by atoms with Gasteiger partial charge in [0, 0.05) is 39.0 Å². The molecule has 2 atom stereocenters. The first kappa shape index (κ1) is 18.7. The van der Waals surface area contributed by atoms with Crippen molar-refractivity contribution in [2.24, 2.45) is 17.3 Å². The Balaban J connectivity index is 1.60. The average Bonchev–Trinajstić information content (AvgIpc) is 3.03. The van der Waals surface area contributed by atoms with E-state index >= 15 is 0 Å². The summed E-state index contributed by atoms with van der Waals surface area (Å²) >= 11 is 0. The van der Waals surface area contributed by atoms with Crippen molar-refractivity contribution in [3.05, 3.63) is 0 Å². The van der Waals surface area contributed by atoms with E-state index in [2.05, 4.69) is 23.6 Å². The second-order valence-electron chi connectivity index (χ2n) is 9.23. The first-order chi connectivity index (χ1) is 12.0. The third-order valence-electron chi connectivity index (χ3n) is 6.74. The Kier molecular flexibility index (Phi) is 6.06. The summed E-state index contributed by atoms with van der Waals surface area (Å²) in [7, 11) is 0. The van der Waals surface area contributed by atoms with E-state index in [4.69, 9.17) is 0 Å². The molecule has 1 saturated carbocycles. The minimum Gasteiger partial charge on any atom is -0.342 e. The number of hydrogen-bond acceptors (Lipinski definition) is 2. The van der Waals surface area contributed by atoms with Crippen LogP contribution in [0.25, 0.3) is 0 Å². The van der Waals surface area contributed by atoms with Gasteiger partial charge >= 0.3 is 0 Å². The lowest BCUT2D eigenvalue weighted by Crippen LogP contribution is -2.44. The van der Waals surface area contributed by atoms with E-state index in [1.165, 1.54) is 25.7 Å². The van der Waals surface area contributed by atoms with Gasteiger partial charge in [-0.3, -0.25) is 9.59 Å². The Labute approximate surface area is 153 Å². The molecule has 4 nitrogen and oxygen atoms in total. The van der Waals surface area contributed by atoms with Crippen LogP contribution in [0, 0.1) is 17.3 Å². The molecule has 0 radical (unpaired) electrons. The standard InChI is InChI=1S/C21H36N2O2/c1-17-7-5-11-22(15-17)19(24)13-21(9-3-4-10-21)14-20(25)23-12-6-8-18(2)16-23/h17-18H,3-16H2,1-2H3. The number of amides is 2. The monoisotopic (exact) mass is 348 g/mol. The third kappa shape index (κ3) is 4.77. The van der Waals surface area contributed by atoms with Crippen molar-refractivity contribution in [2.75, 3.05) is 26.2 Å². The van der Waals surface area contributed by atoms with Crippen molar-refractivity contribution >= 4 is 11.8 Å². The summed E-state index contributed by atoms with van der Waals surface area (Å²) in [6.07, 6.45) is 10.4. The van der Waals surface area contributed by atoms with E-state index in [1.54, 1.807) is 0 Å². The predicted molar refractivity (Wildman–Crippen MR) is 100 cm³/mol. The Hall–Kier alpha value is -1.06. The van der Waals surface area contributed by atoms with Crippen LogP contribution in [0.5, 0.6) is 0 Å². The molecule has 2 unspecified atom stereocenters. The fraction of sp³-hybridized carbons (Fsp3) is 0.905. The highest BCUT2D eigenvalue weighted by atomic mass is 16.2. The quantitative estimate of drug-likeness (QED) is 0.774. The summed E-state index contributed by atoms with van der Waals surface area (Å²) in [4.78, 5) is 30.0. The zero-order valence-electron chi connectivity index (χ0n) is 16.3. The van der Waals surface area contributed by atoms with Crippen molar-refractivity contribution in [1.82, 2.24) is 9.80 Å². The normalized spacial score (nSPS) is 29.7. The van der Waals surface area contributed by atoms with Crippen molar-refractivity contribution in [1.29, 1.82) is 0 Å². The summed E-state index contributed by atoms with van der Waals surface area (Å²) in [6, 6.07) is 0. The molecule has 0 aromatic carbocycles. The van der Waals surface area contributed by atoms with Gasteiger partial charge in [-0.15, -0.1) is 0 Å². The molecule has 142 valence electrons. The van der Waals surface area contributed by atoms with Gasteiger partial charge in [0.2, 0.25) is 11.8 Å². The molecule has 0 N–H and O–H groups in total. The second-order valence-corrected chi connectivity index (χ2v) is 9.23. The largest absolute Gasteiger partial charge is 0.342 e. The molecular weight excluding hydrogens is 312 g/mol. The number of rotatable bonds is 4. The van der Waals surface area contributed by atoms with E-state index in [1.807, 2.05) is 0 Å². The van der Waals surface area contributed by atoms with Crippen LogP contribution >= 0.6 is 0 Å². The van der Waals surface area contributed by atoms with Gasteiger partial charge in [-0.05, 0) is 55.8 Å². The van der Waals surface area contributed by atoms with Gasteiger partial charge in [0.1, 0.15) is 0 Å². The van der Waals surface area contributed by atoms with Gasteiger partial charge in [-0.1, -0.05) is 26.7 Å². The fourth-order valence-corrected chi connectivity index (χ4v) is 5.24. The maximum Gasteiger partial charge on any atom is 0.223 e. The SMILES string of the molecule is CC1CCCN(C(=O)CC2(CC(=O)N3CCCC(C)C3)CCCC2)C1. The van der Waals surface area contributed by atoms with Gasteiger partial charge in [0.15, 0.2) is 0 Å². The molecule has 3 aliphatic rings. The molecule has 2 saturated heterocycles. The van der Waals surface area contributed by atoms with Crippen molar-refractivity contribution in [2.45, 2.75) is 78.1 Å². The first-order valence-electron chi connectivity index (χ1n) is 10.5. The second kappa shape index (κ2) is 8.09. The number of nitrogens with zero attached hydrogens (tertiary/aromatic N) is 2. The minimum absolute atomic E-state index is 0.0600. The van der Waals surface area contributed by atoms with Crippen LogP contribution in [0.2, 0.25) is 0 Å². The molecule has 4 heteroatoms. The topological polar surface area (TPSA) is 40.6 Å². The molecule has 2 amide bonds. The zero-order valence-corrected chi connectivity index (χ0v) is 16.3. The Morgan fingerprint density at radius 3 is 1.64 bits per heavy atom. The molecule has 0 bridgehead atoms. The summed E-state index contributed by atoms with van der Waals surface area (Å²) in [6.45, 7) is 8.13. The molecule has 3 rings (SSSR count). The van der Waals surface area contributed by atoms with Gasteiger partial charge in [0.05, 0.1) is 0 Å². The molecular formula is C21H36N2O2. The number of piperidine rings is 2. The number of likely N-dealkylation sites (tertiary alicyclic amines) is 2. The summed E-state index contributed by atoms with van der Waals surface area (Å²) in [5.41, 5.74) is -0.0600. The Bertz CT molecular complexity index is 446. The molecule has 2 aliphatic heterocycles. The van der Waals surface area contributed by atoms with Gasteiger partial charge < -0.3 is 9.80 Å². The van der Waals surface area contributed by atoms with Crippen molar-refractivity contribution in [3.63, 3.8) is 0 Å². The number of carbonyl (C=O) groups is 2. The molecule has 1 aliphatic carbocycles. The predicted octanol–water partition coefficient (Wildman–Crippen LogP) is 3.84. The van der Waals surface area contributed by atoms with Crippen LogP contribution in [-0.4, -0.2) is 47.8 Å². The molecule has 0 aromatic heterocycles. The number of hydrogen-bond donors (Lipinski definition) is 0. The van der Waals surface area contributed by atoms with Crippen LogP contribution < -0.4 is 0 Å². The fourth-order valence-electron chi connectivity index (χ4n) is 5.24. The lowest BCUT2D eigenvalue weighted by atomic mass is 9.78. The highest BCUT2D eigenvalue weighted by molar-refractivity contribution is 5.80. The Morgan fingerprint density at radius 2 is 1.24 bits per heavy atom. The lowest BCUT2D eigenvalue weighted by Gasteiger charge is -2.37. The average molecular weight is 349 g/mol. The van der Waals surface area contributed by atoms with E-state index in [0.717, 1.165) is 51.9 Å². The van der Waals surface area contributed by atoms with Crippen LogP contribution in [-0.2, 0) is 9.59 Å². The molecule has 0 aromatic rings. The molecule has 0 spiro atoms. The first-order valence-corrected chi connectivity index (χ1v) is 10.5. The maximum atomic E-state index is 12.9. The third-order valence-corrected chi connectivity index (χ3v) is 6.74. The van der Waals surface area contributed by atoms with Crippen LogP contribution in [0.3, 0.4) is 0 Å². The highest BCUT2D eigenvalue weighted by Gasteiger charge is 2.40. The smallest absolute Gasteiger partial charge is 0.223 e. The van der Waals surface area contributed by atoms with E-state index in [9.17, 15) is 9.59 Å². The van der Waals surface area contributed by atoms with Crippen molar-refractivity contribution < 1.29 is 9.59 Å². The maximum absolute atomic E-state index is 12.9. The highest BCUT2D eigenvalue weighted by Crippen LogP contribution is 2.45.